The smallest absolute Gasteiger partial charge is 0.391 e. The average molecular weight is 274 g/mol. The third-order valence-corrected chi connectivity index (χ3v) is 2.96. The molecule has 1 aliphatic carbocycles. The fraction of sp³-hybridized carbons (Fsp3) is 0.500. The first-order valence-corrected chi connectivity index (χ1v) is 5.88. The largest absolute Gasteiger partial charge is 0.434 e. The molecule has 1 atom stereocenters. The van der Waals surface area contributed by atoms with Gasteiger partial charge in [-0.3, -0.25) is 9.78 Å². The van der Waals surface area contributed by atoms with Gasteiger partial charge in [-0.05, 0) is 30.9 Å². The summed E-state index contributed by atoms with van der Waals surface area (Å²) in [6, 6.07) is 2.33. The Bertz CT molecular complexity index is 472. The maximum absolute atomic E-state index is 12.7. The summed E-state index contributed by atoms with van der Waals surface area (Å²) in [6.07, 6.45) is -2.62. The summed E-state index contributed by atoms with van der Waals surface area (Å²) in [6.45, 7) is -0.0459. The number of pyridine rings is 1. The van der Waals surface area contributed by atoms with Crippen molar-refractivity contribution in [2.24, 2.45) is 5.92 Å². The lowest BCUT2D eigenvalue weighted by Crippen LogP contribution is -2.34. The van der Waals surface area contributed by atoms with Crippen molar-refractivity contribution in [3.05, 3.63) is 29.6 Å². The number of rotatable bonds is 4. The molecule has 19 heavy (non-hydrogen) atoms. The Morgan fingerprint density at radius 2 is 2.21 bits per heavy atom. The number of nitrogens with one attached hydrogen (secondary N) is 1. The highest BCUT2D eigenvalue weighted by Crippen LogP contribution is 2.32. The molecule has 0 radical (unpaired) electrons. The van der Waals surface area contributed by atoms with Crippen molar-refractivity contribution in [3.63, 3.8) is 0 Å². The molecule has 104 valence electrons. The van der Waals surface area contributed by atoms with Crippen LogP contribution in [0.2, 0.25) is 0 Å². The highest BCUT2D eigenvalue weighted by atomic mass is 19.4. The van der Waals surface area contributed by atoms with Crippen LogP contribution in [0.25, 0.3) is 0 Å². The van der Waals surface area contributed by atoms with E-state index in [1.54, 1.807) is 0 Å². The van der Waals surface area contributed by atoms with Crippen LogP contribution in [0.15, 0.2) is 18.3 Å². The van der Waals surface area contributed by atoms with Crippen molar-refractivity contribution in [1.29, 1.82) is 0 Å². The number of aromatic nitrogens is 1. The van der Waals surface area contributed by atoms with Crippen molar-refractivity contribution in [1.82, 2.24) is 10.3 Å². The number of halogens is 3. The molecule has 0 aliphatic heterocycles. The molecule has 0 bridgehead atoms. The summed E-state index contributed by atoms with van der Waals surface area (Å²) < 4.78 is 38.0. The van der Waals surface area contributed by atoms with Gasteiger partial charge in [0, 0.05) is 12.7 Å². The second kappa shape index (κ2) is 5.16. The monoisotopic (exact) mass is 274 g/mol. The molecule has 1 amide bonds. The maximum Gasteiger partial charge on any atom is 0.434 e. The molecular formula is C12H13F3N2O2. The summed E-state index contributed by atoms with van der Waals surface area (Å²) in [5.41, 5.74) is -1.74. The molecule has 1 heterocycles. The zero-order valence-electron chi connectivity index (χ0n) is 9.94. The van der Waals surface area contributed by atoms with Gasteiger partial charge in [0.2, 0.25) is 0 Å². The molecule has 1 saturated carbocycles. The van der Waals surface area contributed by atoms with Gasteiger partial charge in [0.15, 0.2) is 5.69 Å². The third kappa shape index (κ3) is 3.44. The second-order valence-electron chi connectivity index (χ2n) is 4.51. The van der Waals surface area contributed by atoms with E-state index in [9.17, 15) is 23.1 Å². The van der Waals surface area contributed by atoms with E-state index < -0.39 is 29.4 Å². The van der Waals surface area contributed by atoms with Crippen molar-refractivity contribution in [2.45, 2.75) is 25.1 Å². The summed E-state index contributed by atoms with van der Waals surface area (Å²) in [5.74, 6) is -0.726. The van der Waals surface area contributed by atoms with Crippen LogP contribution in [0.4, 0.5) is 13.2 Å². The van der Waals surface area contributed by atoms with Crippen LogP contribution in [-0.2, 0) is 6.18 Å². The molecule has 7 heteroatoms. The van der Waals surface area contributed by atoms with Gasteiger partial charge in [0.25, 0.3) is 5.91 Å². The number of alkyl halides is 3. The Kier molecular flexibility index (Phi) is 3.75. The van der Waals surface area contributed by atoms with Gasteiger partial charge in [-0.1, -0.05) is 0 Å². The quantitative estimate of drug-likeness (QED) is 0.876. The minimum absolute atomic E-state index is 0.0459. The summed E-state index contributed by atoms with van der Waals surface area (Å²) in [7, 11) is 0. The number of carbonyl (C=O) groups is 1. The molecule has 0 aromatic carbocycles. The van der Waals surface area contributed by atoms with Gasteiger partial charge in [0.1, 0.15) is 0 Å². The van der Waals surface area contributed by atoms with Crippen molar-refractivity contribution in [3.8, 4) is 0 Å². The lowest BCUT2D eigenvalue weighted by Gasteiger charge is -2.13. The topological polar surface area (TPSA) is 62.2 Å². The van der Waals surface area contributed by atoms with E-state index in [1.807, 2.05) is 0 Å². The molecular weight excluding hydrogens is 261 g/mol. The van der Waals surface area contributed by atoms with Gasteiger partial charge in [-0.25, -0.2) is 0 Å². The number of aliphatic hydroxyl groups excluding tert-OH is 1. The molecule has 1 aliphatic rings. The predicted molar refractivity (Wildman–Crippen MR) is 60.3 cm³/mol. The zero-order valence-corrected chi connectivity index (χ0v) is 9.94. The van der Waals surface area contributed by atoms with E-state index in [1.165, 1.54) is 6.07 Å². The lowest BCUT2D eigenvalue weighted by molar-refractivity contribution is -0.141. The molecule has 2 rings (SSSR count). The third-order valence-electron chi connectivity index (χ3n) is 2.96. The minimum Gasteiger partial charge on any atom is -0.391 e. The van der Waals surface area contributed by atoms with Crippen molar-refractivity contribution >= 4 is 5.91 Å². The number of carbonyl (C=O) groups excluding carboxylic acids is 1. The number of hydrogen-bond acceptors (Lipinski definition) is 3. The fourth-order valence-electron chi connectivity index (χ4n) is 1.75. The van der Waals surface area contributed by atoms with Crippen LogP contribution in [0.1, 0.15) is 28.9 Å². The van der Waals surface area contributed by atoms with Crippen LogP contribution < -0.4 is 5.32 Å². The first-order chi connectivity index (χ1) is 8.89. The van der Waals surface area contributed by atoms with Crippen molar-refractivity contribution < 1.29 is 23.1 Å². The Morgan fingerprint density at radius 1 is 1.53 bits per heavy atom. The van der Waals surface area contributed by atoms with Gasteiger partial charge in [-0.15, -0.1) is 0 Å². The number of aliphatic hydroxyl groups is 1. The number of amides is 1. The predicted octanol–water partition coefficient (Wildman–Crippen LogP) is 1.60. The normalized spacial score (nSPS) is 17.1. The van der Waals surface area contributed by atoms with Crippen LogP contribution in [-0.4, -0.2) is 28.6 Å². The van der Waals surface area contributed by atoms with Gasteiger partial charge >= 0.3 is 6.18 Å². The highest BCUT2D eigenvalue weighted by Gasteiger charge is 2.37. The standard InChI is InChI=1S/C12H13F3N2O2/c13-12(14,15)10-8(2-1-5-16-10)11(19)17-6-9(18)7-3-4-7/h1-2,5,7,9,18H,3-4,6H2,(H,17,19)/t9-/m0/s1. The molecule has 2 N–H and O–H groups in total. The molecule has 4 nitrogen and oxygen atoms in total. The van der Waals surface area contributed by atoms with Crippen molar-refractivity contribution in [2.75, 3.05) is 6.54 Å². The van der Waals surface area contributed by atoms with Gasteiger partial charge in [-0.2, -0.15) is 13.2 Å². The van der Waals surface area contributed by atoms with E-state index in [4.69, 9.17) is 0 Å². The molecule has 0 unspecified atom stereocenters. The Balaban J connectivity index is 2.06. The molecule has 0 saturated heterocycles. The lowest BCUT2D eigenvalue weighted by atomic mass is 10.1. The number of hydrogen-bond donors (Lipinski definition) is 2. The Hall–Kier alpha value is -1.63. The average Bonchev–Trinajstić information content (AvgIpc) is 3.18. The van der Waals surface area contributed by atoms with Crippen LogP contribution in [0, 0.1) is 5.92 Å². The molecule has 0 spiro atoms. The first kappa shape index (κ1) is 13.8. The summed E-state index contributed by atoms with van der Waals surface area (Å²) >= 11 is 0. The summed E-state index contributed by atoms with van der Waals surface area (Å²) in [4.78, 5) is 14.9. The Labute approximate surface area is 107 Å². The van der Waals surface area contributed by atoms with Crippen LogP contribution >= 0.6 is 0 Å². The van der Waals surface area contributed by atoms with E-state index in [2.05, 4.69) is 10.3 Å². The van der Waals surface area contributed by atoms with E-state index in [-0.39, 0.29) is 12.5 Å². The molecule has 1 fully saturated rings. The van der Waals surface area contributed by atoms with Gasteiger partial charge < -0.3 is 10.4 Å². The van der Waals surface area contributed by atoms with E-state index in [0.29, 0.717) is 0 Å². The molecule has 1 aromatic rings. The first-order valence-electron chi connectivity index (χ1n) is 5.88. The minimum atomic E-state index is -4.68. The summed E-state index contributed by atoms with van der Waals surface area (Å²) in [5, 5.41) is 11.9. The van der Waals surface area contributed by atoms with E-state index >= 15 is 0 Å². The highest BCUT2D eigenvalue weighted by molar-refractivity contribution is 5.95. The van der Waals surface area contributed by atoms with E-state index in [0.717, 1.165) is 25.1 Å². The zero-order chi connectivity index (χ0) is 14.0. The second-order valence-corrected chi connectivity index (χ2v) is 4.51. The fourth-order valence-corrected chi connectivity index (χ4v) is 1.75. The molecule has 1 aromatic heterocycles. The SMILES string of the molecule is O=C(NC[C@H](O)C1CC1)c1cccnc1C(F)(F)F. The maximum atomic E-state index is 12.7. The van der Waals surface area contributed by atoms with Crippen LogP contribution in [0.3, 0.4) is 0 Å². The van der Waals surface area contributed by atoms with Gasteiger partial charge in [0.05, 0.1) is 11.7 Å². The van der Waals surface area contributed by atoms with Crippen LogP contribution in [0.5, 0.6) is 0 Å². The number of nitrogens with zero attached hydrogens (tertiary/aromatic N) is 1. The Morgan fingerprint density at radius 3 is 2.79 bits per heavy atom.